The minimum atomic E-state index is 0.00614. The Morgan fingerprint density at radius 2 is 2.29 bits per heavy atom. The van der Waals surface area contributed by atoms with Crippen LogP contribution in [-0.4, -0.2) is 29.7 Å². The van der Waals surface area contributed by atoms with Crippen LogP contribution in [0, 0.1) is 0 Å². The average molecular weight is 195 g/mol. The number of fused-ring (bicyclic) bond motifs is 1. The molecule has 1 saturated heterocycles. The molecule has 0 amide bonds. The van der Waals surface area contributed by atoms with Crippen LogP contribution in [0.1, 0.15) is 40.0 Å². The van der Waals surface area contributed by atoms with Gasteiger partial charge in [-0.3, -0.25) is 0 Å². The minimum Gasteiger partial charge on any atom is -0.374 e. The van der Waals surface area contributed by atoms with Crippen LogP contribution in [0.5, 0.6) is 0 Å². The number of allylic oxidation sites excluding steroid dienone is 1. The molecule has 0 radical (unpaired) electrons. The van der Waals surface area contributed by atoms with Gasteiger partial charge in [0.15, 0.2) is 0 Å². The van der Waals surface area contributed by atoms with Crippen LogP contribution >= 0.6 is 0 Å². The summed E-state index contributed by atoms with van der Waals surface area (Å²) in [5.41, 5.74) is 1.57. The Balaban J connectivity index is 1.85. The van der Waals surface area contributed by atoms with Gasteiger partial charge in [-0.1, -0.05) is 6.08 Å². The van der Waals surface area contributed by atoms with Crippen molar-refractivity contribution in [2.24, 2.45) is 0 Å². The van der Waals surface area contributed by atoms with Crippen LogP contribution in [0.3, 0.4) is 0 Å². The van der Waals surface area contributed by atoms with E-state index in [1.54, 1.807) is 5.70 Å². The second-order valence-corrected chi connectivity index (χ2v) is 5.29. The van der Waals surface area contributed by atoms with E-state index in [1.165, 1.54) is 25.8 Å². The zero-order chi connectivity index (χ0) is 10.2. The fourth-order valence-electron chi connectivity index (χ4n) is 2.28. The molecule has 1 atom stereocenters. The third kappa shape index (κ3) is 2.11. The Morgan fingerprint density at radius 3 is 3.00 bits per heavy atom. The number of nitrogens with zero attached hydrogens (tertiary/aromatic N) is 1. The van der Waals surface area contributed by atoms with Gasteiger partial charge in [0.2, 0.25) is 0 Å². The third-order valence-electron chi connectivity index (χ3n) is 3.00. The lowest BCUT2D eigenvalue weighted by Crippen LogP contribution is -2.34. The van der Waals surface area contributed by atoms with Gasteiger partial charge in [-0.2, -0.15) is 0 Å². The fourth-order valence-corrected chi connectivity index (χ4v) is 2.28. The monoisotopic (exact) mass is 195 g/mol. The van der Waals surface area contributed by atoms with Gasteiger partial charge in [0, 0.05) is 12.2 Å². The molecule has 2 aliphatic heterocycles. The molecule has 1 fully saturated rings. The lowest BCUT2D eigenvalue weighted by molar-refractivity contribution is -0.0249. The molecule has 2 heteroatoms. The van der Waals surface area contributed by atoms with Gasteiger partial charge >= 0.3 is 0 Å². The van der Waals surface area contributed by atoms with E-state index in [1.807, 2.05) is 0 Å². The van der Waals surface area contributed by atoms with Gasteiger partial charge < -0.3 is 9.64 Å². The normalized spacial score (nSPS) is 26.6. The van der Waals surface area contributed by atoms with E-state index in [0.29, 0.717) is 6.04 Å². The molecule has 0 saturated carbocycles. The van der Waals surface area contributed by atoms with E-state index >= 15 is 0 Å². The summed E-state index contributed by atoms with van der Waals surface area (Å²) in [6.07, 6.45) is 6.17. The summed E-state index contributed by atoms with van der Waals surface area (Å²) < 4.78 is 5.85. The van der Waals surface area contributed by atoms with Crippen molar-refractivity contribution < 1.29 is 4.74 Å². The van der Waals surface area contributed by atoms with Gasteiger partial charge in [0.05, 0.1) is 18.2 Å². The molecule has 2 heterocycles. The summed E-state index contributed by atoms with van der Waals surface area (Å²) in [4.78, 5) is 2.53. The van der Waals surface area contributed by atoms with E-state index < -0.39 is 0 Å². The molecule has 0 aromatic heterocycles. The molecule has 0 aromatic carbocycles. The molecule has 0 spiro atoms. The van der Waals surface area contributed by atoms with Gasteiger partial charge in [0.25, 0.3) is 0 Å². The van der Waals surface area contributed by atoms with Crippen molar-refractivity contribution in [1.29, 1.82) is 0 Å². The summed E-state index contributed by atoms with van der Waals surface area (Å²) in [6.45, 7) is 8.49. The molecule has 0 unspecified atom stereocenters. The SMILES string of the molecule is CC(C)(C)OC[C@@H]1CCC2=CCCN21. The maximum absolute atomic E-state index is 5.85. The lowest BCUT2D eigenvalue weighted by Gasteiger charge is -2.28. The van der Waals surface area contributed by atoms with Crippen LogP contribution in [0.2, 0.25) is 0 Å². The van der Waals surface area contributed by atoms with Gasteiger partial charge in [-0.25, -0.2) is 0 Å². The van der Waals surface area contributed by atoms with Gasteiger partial charge in [-0.05, 0) is 40.0 Å². The highest BCUT2D eigenvalue weighted by atomic mass is 16.5. The van der Waals surface area contributed by atoms with Crippen molar-refractivity contribution in [2.45, 2.75) is 51.7 Å². The lowest BCUT2D eigenvalue weighted by atomic mass is 10.1. The molecule has 0 bridgehead atoms. The summed E-state index contributed by atoms with van der Waals surface area (Å²) in [5.74, 6) is 0. The summed E-state index contributed by atoms with van der Waals surface area (Å²) in [6, 6.07) is 0.642. The predicted molar refractivity (Wildman–Crippen MR) is 58.1 cm³/mol. The van der Waals surface area contributed by atoms with E-state index in [4.69, 9.17) is 4.74 Å². The molecular weight excluding hydrogens is 174 g/mol. The topological polar surface area (TPSA) is 12.5 Å². The first-order chi connectivity index (χ1) is 6.56. The second-order valence-electron chi connectivity index (χ2n) is 5.29. The number of ether oxygens (including phenoxy) is 1. The minimum absolute atomic E-state index is 0.00614. The molecular formula is C12H21NO. The summed E-state index contributed by atoms with van der Waals surface area (Å²) >= 11 is 0. The molecule has 0 aromatic rings. The van der Waals surface area contributed by atoms with Crippen LogP contribution in [0.15, 0.2) is 11.8 Å². The molecule has 2 aliphatic rings. The molecule has 2 nitrogen and oxygen atoms in total. The van der Waals surface area contributed by atoms with Crippen LogP contribution < -0.4 is 0 Å². The number of rotatable bonds is 2. The van der Waals surface area contributed by atoms with Crippen molar-refractivity contribution in [3.63, 3.8) is 0 Å². The van der Waals surface area contributed by atoms with Crippen molar-refractivity contribution in [1.82, 2.24) is 4.90 Å². The highest BCUT2D eigenvalue weighted by molar-refractivity contribution is 5.14. The van der Waals surface area contributed by atoms with Crippen molar-refractivity contribution in [3.8, 4) is 0 Å². The largest absolute Gasteiger partial charge is 0.374 e. The summed E-state index contributed by atoms with van der Waals surface area (Å²) in [5, 5.41) is 0. The third-order valence-corrected chi connectivity index (χ3v) is 3.00. The molecule has 14 heavy (non-hydrogen) atoms. The van der Waals surface area contributed by atoms with E-state index in [2.05, 4.69) is 31.7 Å². The van der Waals surface area contributed by atoms with Gasteiger partial charge in [-0.15, -0.1) is 0 Å². The Kier molecular flexibility index (Phi) is 2.56. The summed E-state index contributed by atoms with van der Waals surface area (Å²) in [7, 11) is 0. The van der Waals surface area contributed by atoms with Crippen molar-refractivity contribution in [3.05, 3.63) is 11.8 Å². The molecule has 80 valence electrons. The fraction of sp³-hybridized carbons (Fsp3) is 0.833. The molecule has 0 N–H and O–H groups in total. The Hall–Kier alpha value is -0.500. The molecule has 0 aliphatic carbocycles. The maximum Gasteiger partial charge on any atom is 0.0677 e. The van der Waals surface area contributed by atoms with Crippen molar-refractivity contribution >= 4 is 0 Å². The van der Waals surface area contributed by atoms with E-state index in [9.17, 15) is 0 Å². The predicted octanol–water partition coefficient (Wildman–Crippen LogP) is 2.55. The Bertz CT molecular complexity index is 239. The Morgan fingerprint density at radius 1 is 1.50 bits per heavy atom. The smallest absolute Gasteiger partial charge is 0.0677 e. The zero-order valence-corrected chi connectivity index (χ0v) is 9.55. The zero-order valence-electron chi connectivity index (χ0n) is 9.55. The number of hydrogen-bond acceptors (Lipinski definition) is 2. The first-order valence-electron chi connectivity index (χ1n) is 5.66. The van der Waals surface area contributed by atoms with Gasteiger partial charge in [0.1, 0.15) is 0 Å². The quantitative estimate of drug-likeness (QED) is 0.671. The highest BCUT2D eigenvalue weighted by Gasteiger charge is 2.30. The van der Waals surface area contributed by atoms with Crippen LogP contribution in [0.4, 0.5) is 0 Å². The standard InChI is InChI=1S/C12H21NO/c1-12(2,3)14-9-11-7-6-10-5-4-8-13(10)11/h5,11H,4,6-9H2,1-3H3/t11-/m0/s1. The van der Waals surface area contributed by atoms with Crippen molar-refractivity contribution in [2.75, 3.05) is 13.2 Å². The Labute approximate surface area is 86.9 Å². The van der Waals surface area contributed by atoms with E-state index in [-0.39, 0.29) is 5.60 Å². The first-order valence-corrected chi connectivity index (χ1v) is 5.66. The molecule has 2 rings (SSSR count). The second kappa shape index (κ2) is 3.58. The average Bonchev–Trinajstić information content (AvgIpc) is 2.59. The number of hydrogen-bond donors (Lipinski definition) is 0. The van der Waals surface area contributed by atoms with Crippen LogP contribution in [0.25, 0.3) is 0 Å². The highest BCUT2D eigenvalue weighted by Crippen LogP contribution is 2.32. The van der Waals surface area contributed by atoms with E-state index in [0.717, 1.165) is 6.61 Å². The first kappa shape index (κ1) is 10.0. The van der Waals surface area contributed by atoms with Crippen LogP contribution in [-0.2, 0) is 4.74 Å². The maximum atomic E-state index is 5.85.